The third kappa shape index (κ3) is 49.8. The summed E-state index contributed by atoms with van der Waals surface area (Å²) in [5, 5.41) is 23.2. The molecule has 0 aromatic carbocycles. The minimum absolute atomic E-state index is 0.00597. The molecule has 0 heterocycles. The van der Waals surface area contributed by atoms with Gasteiger partial charge in [0.2, 0.25) is 5.91 Å². The van der Waals surface area contributed by atoms with Gasteiger partial charge in [-0.05, 0) is 77.0 Å². The van der Waals surface area contributed by atoms with Crippen molar-refractivity contribution in [3.05, 3.63) is 24.3 Å². The van der Waals surface area contributed by atoms with Crippen LogP contribution < -0.4 is 5.32 Å². The van der Waals surface area contributed by atoms with Gasteiger partial charge in [0.05, 0.1) is 25.4 Å². The van der Waals surface area contributed by atoms with Crippen molar-refractivity contribution < 1.29 is 24.5 Å². The Morgan fingerprint density at radius 2 is 0.734 bits per heavy atom. The second kappa shape index (κ2) is 54.0. The molecule has 0 aliphatic carbocycles. The fraction of sp³-hybridized carbons (Fsp3) is 0.897. The Hall–Kier alpha value is -1.66. The molecule has 0 rings (SSSR count). The second-order valence-corrected chi connectivity index (χ2v) is 19.6. The molecule has 0 aliphatic rings. The highest BCUT2D eigenvalue weighted by Crippen LogP contribution is 2.16. The van der Waals surface area contributed by atoms with Crippen LogP contribution >= 0.6 is 0 Å². The number of hydrogen-bond donors (Lipinski definition) is 3. The maximum atomic E-state index is 12.5. The van der Waals surface area contributed by atoms with Crippen LogP contribution in [0.2, 0.25) is 0 Å². The Labute approximate surface area is 399 Å². The van der Waals surface area contributed by atoms with Crippen molar-refractivity contribution in [1.82, 2.24) is 5.32 Å². The molecule has 0 aromatic heterocycles. The normalized spacial score (nSPS) is 12.8. The molecule has 0 saturated carbocycles. The lowest BCUT2D eigenvalue weighted by molar-refractivity contribution is -0.143. The Bertz CT molecular complexity index is 997. The molecule has 3 N–H and O–H groups in total. The maximum Gasteiger partial charge on any atom is 0.305 e. The van der Waals surface area contributed by atoms with E-state index in [1.807, 2.05) is 0 Å². The summed E-state index contributed by atoms with van der Waals surface area (Å²) in [4.78, 5) is 24.5. The molecular formula is C58H111NO5. The van der Waals surface area contributed by atoms with Gasteiger partial charge in [0.1, 0.15) is 0 Å². The largest absolute Gasteiger partial charge is 0.466 e. The summed E-state index contributed by atoms with van der Waals surface area (Å²) in [6, 6.07) is -0.553. The van der Waals surface area contributed by atoms with Crippen molar-refractivity contribution in [1.29, 1.82) is 0 Å². The van der Waals surface area contributed by atoms with E-state index in [1.165, 1.54) is 212 Å². The van der Waals surface area contributed by atoms with Crippen LogP contribution in [-0.4, -0.2) is 47.4 Å². The van der Waals surface area contributed by atoms with Gasteiger partial charge in [-0.25, -0.2) is 0 Å². The molecule has 0 fully saturated rings. The fourth-order valence-electron chi connectivity index (χ4n) is 8.81. The summed E-state index contributed by atoms with van der Waals surface area (Å²) >= 11 is 0. The number of aliphatic hydroxyl groups is 2. The molecule has 0 aliphatic heterocycles. The van der Waals surface area contributed by atoms with Crippen molar-refractivity contribution in [2.45, 2.75) is 321 Å². The summed E-state index contributed by atoms with van der Waals surface area (Å²) in [6.07, 6.45) is 64.5. The lowest BCUT2D eigenvalue weighted by atomic mass is 10.0. The van der Waals surface area contributed by atoms with Gasteiger partial charge < -0.3 is 20.3 Å². The number of esters is 1. The van der Waals surface area contributed by atoms with Crippen LogP contribution in [0.5, 0.6) is 0 Å². The molecule has 0 radical (unpaired) electrons. The molecule has 378 valence electrons. The van der Waals surface area contributed by atoms with Gasteiger partial charge in [-0.15, -0.1) is 0 Å². The van der Waals surface area contributed by atoms with E-state index in [9.17, 15) is 19.8 Å². The van der Waals surface area contributed by atoms with Gasteiger partial charge >= 0.3 is 5.97 Å². The van der Waals surface area contributed by atoms with E-state index in [4.69, 9.17) is 4.74 Å². The molecule has 0 bridgehead atoms. The molecule has 2 atom stereocenters. The van der Waals surface area contributed by atoms with Crippen LogP contribution in [0.25, 0.3) is 0 Å². The maximum absolute atomic E-state index is 12.5. The van der Waals surface area contributed by atoms with Crippen LogP contribution in [0.15, 0.2) is 24.3 Å². The molecule has 1 amide bonds. The van der Waals surface area contributed by atoms with E-state index in [0.29, 0.717) is 25.9 Å². The van der Waals surface area contributed by atoms with Gasteiger partial charge in [0.25, 0.3) is 0 Å². The smallest absolute Gasteiger partial charge is 0.305 e. The van der Waals surface area contributed by atoms with Crippen LogP contribution in [0.4, 0.5) is 0 Å². The number of rotatable bonds is 53. The van der Waals surface area contributed by atoms with E-state index >= 15 is 0 Å². The first kappa shape index (κ1) is 62.3. The van der Waals surface area contributed by atoms with Crippen molar-refractivity contribution in [3.63, 3.8) is 0 Å². The lowest BCUT2D eigenvalue weighted by Gasteiger charge is -2.22. The molecule has 0 spiro atoms. The molecule has 0 saturated heterocycles. The van der Waals surface area contributed by atoms with E-state index in [2.05, 4.69) is 43.5 Å². The predicted molar refractivity (Wildman–Crippen MR) is 278 cm³/mol. The molecule has 64 heavy (non-hydrogen) atoms. The third-order valence-electron chi connectivity index (χ3n) is 13.2. The van der Waals surface area contributed by atoms with E-state index in [1.54, 1.807) is 0 Å². The van der Waals surface area contributed by atoms with E-state index in [-0.39, 0.29) is 18.5 Å². The molecule has 2 unspecified atom stereocenters. The summed E-state index contributed by atoms with van der Waals surface area (Å²) in [5.74, 6) is -0.0574. The zero-order valence-corrected chi connectivity index (χ0v) is 43.0. The van der Waals surface area contributed by atoms with Crippen molar-refractivity contribution in [2.24, 2.45) is 0 Å². The van der Waals surface area contributed by atoms with E-state index in [0.717, 1.165) is 64.2 Å². The third-order valence-corrected chi connectivity index (χ3v) is 13.2. The number of nitrogens with one attached hydrogen (secondary N) is 1. The second-order valence-electron chi connectivity index (χ2n) is 19.6. The van der Waals surface area contributed by atoms with Crippen LogP contribution in [0.3, 0.4) is 0 Å². The first-order valence-corrected chi connectivity index (χ1v) is 28.6. The number of amides is 1. The molecule has 6 nitrogen and oxygen atoms in total. The van der Waals surface area contributed by atoms with Gasteiger partial charge in [0, 0.05) is 12.8 Å². The standard InChI is InChI=1S/C58H111NO5/c1-3-5-7-9-11-13-15-17-19-20-24-28-32-36-40-44-48-52-58(63)64-53-49-45-41-37-33-29-25-22-21-23-27-31-35-39-43-47-51-57(62)59-55(54-60)56(61)50-46-42-38-34-30-26-18-16-14-12-10-8-6-4-2/h17,19,21,23,55-56,60-61H,3-16,18,20,22,24-54H2,1-2H3,(H,59,62)/b19-17-,23-21-. The van der Waals surface area contributed by atoms with Crippen molar-refractivity contribution in [2.75, 3.05) is 13.2 Å². The number of carbonyl (C=O) groups excluding carboxylic acids is 2. The SMILES string of the molecule is CCCCCCCC/C=C\CCCCCCCCCC(=O)OCCCCCCCCC/C=C\CCCCCCCC(=O)NC(CO)C(O)CCCCCCCCCCCCCCCC. The van der Waals surface area contributed by atoms with Crippen LogP contribution in [0.1, 0.15) is 309 Å². The summed E-state index contributed by atoms with van der Waals surface area (Å²) in [5.41, 5.74) is 0. The highest BCUT2D eigenvalue weighted by atomic mass is 16.5. The van der Waals surface area contributed by atoms with Crippen LogP contribution in [0, 0.1) is 0 Å². The Morgan fingerprint density at radius 3 is 1.11 bits per heavy atom. The number of aliphatic hydroxyl groups excluding tert-OH is 2. The molecule has 6 heteroatoms. The average molecular weight is 903 g/mol. The Kier molecular flexibility index (Phi) is 52.6. The summed E-state index contributed by atoms with van der Waals surface area (Å²) in [7, 11) is 0. The van der Waals surface area contributed by atoms with Crippen molar-refractivity contribution >= 4 is 11.9 Å². The zero-order valence-electron chi connectivity index (χ0n) is 43.0. The van der Waals surface area contributed by atoms with Gasteiger partial charge in [0.15, 0.2) is 0 Å². The lowest BCUT2D eigenvalue weighted by Crippen LogP contribution is -2.45. The van der Waals surface area contributed by atoms with Crippen molar-refractivity contribution in [3.8, 4) is 0 Å². The fourth-order valence-corrected chi connectivity index (χ4v) is 8.81. The predicted octanol–water partition coefficient (Wildman–Crippen LogP) is 17.5. The number of ether oxygens (including phenoxy) is 1. The van der Waals surface area contributed by atoms with Gasteiger partial charge in [-0.3, -0.25) is 9.59 Å². The zero-order chi connectivity index (χ0) is 46.5. The van der Waals surface area contributed by atoms with Crippen LogP contribution in [-0.2, 0) is 14.3 Å². The Balaban J connectivity index is 3.45. The average Bonchev–Trinajstić information content (AvgIpc) is 3.29. The minimum Gasteiger partial charge on any atom is -0.466 e. The highest BCUT2D eigenvalue weighted by molar-refractivity contribution is 5.76. The Morgan fingerprint density at radius 1 is 0.422 bits per heavy atom. The topological polar surface area (TPSA) is 95.9 Å². The number of allylic oxidation sites excluding steroid dienone is 4. The quantitative estimate of drug-likeness (QED) is 0.0321. The molecule has 0 aromatic rings. The first-order chi connectivity index (χ1) is 31.5. The highest BCUT2D eigenvalue weighted by Gasteiger charge is 2.20. The summed E-state index contributed by atoms with van der Waals surface area (Å²) < 4.78 is 5.48. The van der Waals surface area contributed by atoms with E-state index < -0.39 is 12.1 Å². The van der Waals surface area contributed by atoms with Gasteiger partial charge in [-0.1, -0.05) is 244 Å². The first-order valence-electron chi connectivity index (χ1n) is 28.6. The number of hydrogen-bond acceptors (Lipinski definition) is 5. The van der Waals surface area contributed by atoms with Gasteiger partial charge in [-0.2, -0.15) is 0 Å². The summed E-state index contributed by atoms with van der Waals surface area (Å²) in [6.45, 7) is 4.93. The number of unbranched alkanes of at least 4 members (excludes halogenated alkanes) is 38. The minimum atomic E-state index is -0.674. The molecular weight excluding hydrogens is 791 g/mol. The monoisotopic (exact) mass is 902 g/mol. The number of carbonyl (C=O) groups is 2.